The molecule has 0 spiro atoms. The Balaban J connectivity index is 1.95. The molecule has 7 nitrogen and oxygen atoms in total. The molecule has 0 aliphatic carbocycles. The average Bonchev–Trinajstić information content (AvgIpc) is 3.18. The summed E-state index contributed by atoms with van der Waals surface area (Å²) in [6.45, 7) is 9.43. The second-order valence-corrected chi connectivity index (χ2v) is 11.3. The van der Waals surface area contributed by atoms with Crippen LogP contribution in [-0.2, 0) is 33.4 Å². The minimum Gasteiger partial charge on any atom is -0.383 e. The fraction of sp³-hybridized carbons (Fsp3) is 0.407. The lowest BCUT2D eigenvalue weighted by Crippen LogP contribution is -2.34. The minimum atomic E-state index is -3.69. The first kappa shape index (κ1) is 26.6. The summed E-state index contributed by atoms with van der Waals surface area (Å²) < 4.78 is 33.8. The molecule has 0 saturated carbocycles. The maximum absolute atomic E-state index is 13.4. The van der Waals surface area contributed by atoms with Crippen molar-refractivity contribution in [2.75, 3.05) is 20.3 Å². The topological polar surface area (TPSA) is 81.5 Å². The minimum absolute atomic E-state index is 0.0391. The first-order chi connectivity index (χ1) is 16.6. The third-order valence-corrected chi connectivity index (χ3v) is 7.27. The van der Waals surface area contributed by atoms with Crippen molar-refractivity contribution in [3.8, 4) is 0 Å². The molecule has 3 rings (SSSR count). The van der Waals surface area contributed by atoms with E-state index in [-0.39, 0.29) is 29.3 Å². The van der Waals surface area contributed by atoms with Crippen LogP contribution in [0, 0.1) is 19.8 Å². The molecule has 1 aromatic heterocycles. The number of rotatable bonds is 11. The third kappa shape index (κ3) is 7.02. The zero-order valence-electron chi connectivity index (χ0n) is 21.2. The van der Waals surface area contributed by atoms with Gasteiger partial charge >= 0.3 is 0 Å². The molecule has 2 aromatic carbocycles. The number of hydrogen-bond acceptors (Lipinski definition) is 5. The molecule has 1 amide bonds. The predicted octanol–water partition coefficient (Wildman–Crippen LogP) is 4.42. The smallest absolute Gasteiger partial charge is 0.254 e. The van der Waals surface area contributed by atoms with Gasteiger partial charge in [0.05, 0.1) is 30.8 Å². The molecule has 1 heterocycles. The van der Waals surface area contributed by atoms with Gasteiger partial charge in [0.15, 0.2) is 0 Å². The summed E-state index contributed by atoms with van der Waals surface area (Å²) in [6.07, 6.45) is 1.58. The van der Waals surface area contributed by atoms with Gasteiger partial charge in [0.2, 0.25) is 15.0 Å². The molecule has 0 fully saturated rings. The quantitative estimate of drug-likeness (QED) is 0.392. The van der Waals surface area contributed by atoms with Crippen LogP contribution in [0.5, 0.6) is 0 Å². The molecule has 0 bridgehead atoms. The van der Waals surface area contributed by atoms with E-state index in [0.717, 1.165) is 16.7 Å². The number of nitrogens with zero attached hydrogens (tertiary/aromatic N) is 3. The van der Waals surface area contributed by atoms with Crippen LogP contribution in [-0.4, -0.2) is 49.0 Å². The van der Waals surface area contributed by atoms with Gasteiger partial charge in [0.25, 0.3) is 5.91 Å². The van der Waals surface area contributed by atoms with E-state index in [0.29, 0.717) is 31.0 Å². The highest BCUT2D eigenvalue weighted by molar-refractivity contribution is 7.90. The van der Waals surface area contributed by atoms with Crippen molar-refractivity contribution in [1.82, 2.24) is 14.5 Å². The zero-order chi connectivity index (χ0) is 25.6. The highest BCUT2D eigenvalue weighted by Crippen LogP contribution is 2.21. The van der Waals surface area contributed by atoms with E-state index in [9.17, 15) is 13.2 Å². The van der Waals surface area contributed by atoms with E-state index in [1.807, 2.05) is 64.1 Å². The Morgan fingerprint density at radius 3 is 2.43 bits per heavy atom. The average molecular weight is 498 g/mol. The number of amides is 1. The lowest BCUT2D eigenvalue weighted by atomic mass is 10.1. The molecule has 0 atom stereocenters. The number of carbonyl (C=O) groups excluding carboxylic acids is 1. The van der Waals surface area contributed by atoms with Crippen molar-refractivity contribution < 1.29 is 17.9 Å². The van der Waals surface area contributed by atoms with Gasteiger partial charge in [-0.3, -0.25) is 4.79 Å². The highest BCUT2D eigenvalue weighted by atomic mass is 32.2. The Bertz CT molecular complexity index is 1250. The van der Waals surface area contributed by atoms with Crippen LogP contribution in [0.2, 0.25) is 0 Å². The molecule has 0 aliphatic rings. The maximum atomic E-state index is 13.4. The number of sulfone groups is 1. The van der Waals surface area contributed by atoms with Crippen LogP contribution in [0.3, 0.4) is 0 Å². The van der Waals surface area contributed by atoms with Gasteiger partial charge in [-0.1, -0.05) is 61.4 Å². The maximum Gasteiger partial charge on any atom is 0.254 e. The first-order valence-electron chi connectivity index (χ1n) is 11.8. The van der Waals surface area contributed by atoms with Crippen molar-refractivity contribution in [2.24, 2.45) is 5.92 Å². The van der Waals surface area contributed by atoms with Gasteiger partial charge in [0.1, 0.15) is 0 Å². The van der Waals surface area contributed by atoms with E-state index in [1.165, 1.54) is 0 Å². The first-order valence-corrected chi connectivity index (χ1v) is 13.4. The Morgan fingerprint density at radius 1 is 1.09 bits per heavy atom. The Morgan fingerprint density at radius 2 is 1.80 bits per heavy atom. The lowest BCUT2D eigenvalue weighted by Gasteiger charge is -2.24. The standard InChI is InChI=1S/C27H35N3O4S/c1-20(2)17-30-25(16-28-27(30)35(32,33)19-23-8-6-7-22(4)15-23)18-29(13-14-34-5)26(31)24-11-9-21(3)10-12-24/h6-12,15-16,20H,13-14,17-19H2,1-5H3. The highest BCUT2D eigenvalue weighted by Gasteiger charge is 2.26. The number of aromatic nitrogens is 2. The fourth-order valence-corrected chi connectivity index (χ4v) is 5.43. The molecule has 3 aromatic rings. The van der Waals surface area contributed by atoms with Crippen molar-refractivity contribution in [3.05, 3.63) is 82.7 Å². The summed E-state index contributed by atoms with van der Waals surface area (Å²) in [5, 5.41) is 0.0391. The summed E-state index contributed by atoms with van der Waals surface area (Å²) in [5.74, 6) is -0.0709. The second-order valence-electron chi connectivity index (χ2n) is 9.37. The number of carbonyl (C=O) groups is 1. The zero-order valence-corrected chi connectivity index (χ0v) is 22.0. The van der Waals surface area contributed by atoms with E-state index in [4.69, 9.17) is 4.74 Å². The van der Waals surface area contributed by atoms with Crippen LogP contribution in [0.1, 0.15) is 46.6 Å². The van der Waals surface area contributed by atoms with Gasteiger partial charge in [-0.15, -0.1) is 0 Å². The fourth-order valence-electron chi connectivity index (χ4n) is 3.94. The number of hydrogen-bond donors (Lipinski definition) is 0. The van der Waals surface area contributed by atoms with Crippen LogP contribution in [0.15, 0.2) is 59.9 Å². The molecule has 35 heavy (non-hydrogen) atoms. The summed E-state index contributed by atoms with van der Waals surface area (Å²) in [6, 6.07) is 14.9. The van der Waals surface area contributed by atoms with Crippen LogP contribution < -0.4 is 0 Å². The number of aryl methyl sites for hydroxylation is 2. The molecule has 8 heteroatoms. The second kappa shape index (κ2) is 11.6. The van der Waals surface area contributed by atoms with Crippen LogP contribution in [0.25, 0.3) is 0 Å². The lowest BCUT2D eigenvalue weighted by molar-refractivity contribution is 0.0675. The molecule has 0 aliphatic heterocycles. The SMILES string of the molecule is COCCN(Cc1cnc(S(=O)(=O)Cc2cccc(C)c2)n1CC(C)C)C(=O)c1ccc(C)cc1. The van der Waals surface area contributed by atoms with E-state index in [1.54, 1.807) is 34.9 Å². The summed E-state index contributed by atoms with van der Waals surface area (Å²) in [7, 11) is -2.10. The van der Waals surface area contributed by atoms with Gasteiger partial charge in [-0.25, -0.2) is 13.4 Å². The van der Waals surface area contributed by atoms with E-state index in [2.05, 4.69) is 4.98 Å². The van der Waals surface area contributed by atoms with Gasteiger partial charge in [0, 0.05) is 25.8 Å². The van der Waals surface area contributed by atoms with Gasteiger partial charge < -0.3 is 14.2 Å². The summed E-state index contributed by atoms with van der Waals surface area (Å²) >= 11 is 0. The van der Waals surface area contributed by atoms with Crippen molar-refractivity contribution in [2.45, 2.75) is 51.7 Å². The predicted molar refractivity (Wildman–Crippen MR) is 137 cm³/mol. The molecule has 0 unspecified atom stereocenters. The monoisotopic (exact) mass is 497 g/mol. The van der Waals surface area contributed by atoms with E-state index >= 15 is 0 Å². The van der Waals surface area contributed by atoms with Crippen LogP contribution >= 0.6 is 0 Å². The number of benzene rings is 2. The largest absolute Gasteiger partial charge is 0.383 e. The Labute approximate surface area is 208 Å². The van der Waals surface area contributed by atoms with Crippen LogP contribution in [0.4, 0.5) is 0 Å². The van der Waals surface area contributed by atoms with Gasteiger partial charge in [-0.2, -0.15) is 0 Å². The number of methoxy groups -OCH3 is 1. The normalized spacial score (nSPS) is 11.7. The summed E-state index contributed by atoms with van der Waals surface area (Å²) in [5.41, 5.74) is 4.06. The van der Waals surface area contributed by atoms with Gasteiger partial charge in [-0.05, 0) is 37.5 Å². The molecule has 0 saturated heterocycles. The van der Waals surface area contributed by atoms with E-state index < -0.39 is 9.84 Å². The molecule has 0 radical (unpaired) electrons. The Hall–Kier alpha value is -2.97. The molecule has 0 N–H and O–H groups in total. The Kier molecular flexibility index (Phi) is 8.86. The van der Waals surface area contributed by atoms with Crippen molar-refractivity contribution >= 4 is 15.7 Å². The summed E-state index contributed by atoms with van der Waals surface area (Å²) in [4.78, 5) is 19.3. The van der Waals surface area contributed by atoms with Crippen molar-refractivity contribution in [1.29, 1.82) is 0 Å². The molecular formula is C27H35N3O4S. The number of ether oxygens (including phenoxy) is 1. The number of imidazole rings is 1. The van der Waals surface area contributed by atoms with Crippen molar-refractivity contribution in [3.63, 3.8) is 0 Å². The third-order valence-electron chi connectivity index (χ3n) is 5.67. The molecular weight excluding hydrogens is 462 g/mol. The molecule has 188 valence electrons.